The van der Waals surface area contributed by atoms with Crippen LogP contribution in [-0.2, 0) is 4.74 Å². The lowest BCUT2D eigenvalue weighted by molar-refractivity contribution is -0.384. The second kappa shape index (κ2) is 9.27. The van der Waals surface area contributed by atoms with Crippen molar-refractivity contribution in [2.75, 3.05) is 27.4 Å². The maximum atomic E-state index is 12.8. The fraction of sp³-hybridized carbons (Fsp3) is 0.286. The predicted molar refractivity (Wildman–Crippen MR) is 111 cm³/mol. The highest BCUT2D eigenvalue weighted by Crippen LogP contribution is 2.31. The van der Waals surface area contributed by atoms with Crippen LogP contribution in [0.1, 0.15) is 28.9 Å². The van der Waals surface area contributed by atoms with Gasteiger partial charge in [-0.2, -0.15) is 0 Å². The molecule has 0 aliphatic heterocycles. The number of H-pyrrole nitrogens is 1. The molecule has 3 aromatic rings. The molecule has 1 atom stereocenters. The summed E-state index contributed by atoms with van der Waals surface area (Å²) < 4.78 is 16.0. The zero-order valence-corrected chi connectivity index (χ0v) is 16.9. The van der Waals surface area contributed by atoms with Gasteiger partial charge in [0.15, 0.2) is 11.5 Å². The van der Waals surface area contributed by atoms with E-state index in [-0.39, 0.29) is 17.6 Å². The van der Waals surface area contributed by atoms with Crippen molar-refractivity contribution in [2.24, 2.45) is 0 Å². The minimum Gasteiger partial charge on any atom is -0.493 e. The molecule has 0 aliphatic carbocycles. The Morgan fingerprint density at radius 2 is 1.97 bits per heavy atom. The number of nitrogens with zero attached hydrogens (tertiary/aromatic N) is 1. The van der Waals surface area contributed by atoms with Crippen LogP contribution >= 0.6 is 0 Å². The van der Waals surface area contributed by atoms with Gasteiger partial charge >= 0.3 is 0 Å². The summed E-state index contributed by atoms with van der Waals surface area (Å²) in [5.41, 5.74) is 1.74. The third-order valence-corrected chi connectivity index (χ3v) is 4.70. The molecule has 1 amide bonds. The number of nitrogens with one attached hydrogen (secondary N) is 2. The van der Waals surface area contributed by atoms with E-state index in [2.05, 4.69) is 10.3 Å². The maximum Gasteiger partial charge on any atom is 0.270 e. The largest absolute Gasteiger partial charge is 0.493 e. The fourth-order valence-electron chi connectivity index (χ4n) is 3.08. The Labute approximate surface area is 173 Å². The van der Waals surface area contributed by atoms with Crippen LogP contribution in [0.4, 0.5) is 5.69 Å². The third-order valence-electron chi connectivity index (χ3n) is 4.70. The van der Waals surface area contributed by atoms with Crippen molar-refractivity contribution in [3.05, 3.63) is 63.8 Å². The molecule has 0 spiro atoms. The minimum atomic E-state index is -0.487. The number of nitro groups is 1. The number of ether oxygens (including phenoxy) is 3. The highest BCUT2D eigenvalue weighted by Gasteiger charge is 2.18. The van der Waals surface area contributed by atoms with Gasteiger partial charge in [0.05, 0.1) is 30.2 Å². The monoisotopic (exact) mass is 413 g/mol. The van der Waals surface area contributed by atoms with Crippen molar-refractivity contribution in [2.45, 2.75) is 13.0 Å². The summed E-state index contributed by atoms with van der Waals surface area (Å²) in [6.07, 6.45) is 1.55. The molecule has 9 nitrogen and oxygen atoms in total. The fourth-order valence-corrected chi connectivity index (χ4v) is 3.08. The van der Waals surface area contributed by atoms with Crippen LogP contribution in [0.5, 0.6) is 11.5 Å². The van der Waals surface area contributed by atoms with Crippen LogP contribution in [0.15, 0.2) is 42.6 Å². The molecule has 2 N–H and O–H groups in total. The zero-order valence-electron chi connectivity index (χ0n) is 16.9. The second-order valence-corrected chi connectivity index (χ2v) is 6.64. The lowest BCUT2D eigenvalue weighted by atomic mass is 10.1. The van der Waals surface area contributed by atoms with Crippen LogP contribution in [0.25, 0.3) is 10.9 Å². The molecule has 9 heteroatoms. The van der Waals surface area contributed by atoms with E-state index in [0.29, 0.717) is 41.2 Å². The lowest BCUT2D eigenvalue weighted by Crippen LogP contribution is -2.26. The Bertz CT molecular complexity index is 1060. The van der Waals surface area contributed by atoms with Crippen LogP contribution in [-0.4, -0.2) is 43.2 Å². The molecule has 158 valence electrons. The summed E-state index contributed by atoms with van der Waals surface area (Å²) in [4.78, 5) is 26.3. The Morgan fingerprint density at radius 3 is 2.67 bits per heavy atom. The number of aromatic nitrogens is 1. The number of carbonyl (C=O) groups is 1. The number of nitro benzene ring substituents is 1. The van der Waals surface area contributed by atoms with Crippen LogP contribution in [0.3, 0.4) is 0 Å². The zero-order chi connectivity index (χ0) is 21.7. The van der Waals surface area contributed by atoms with Gasteiger partial charge in [0, 0.05) is 36.3 Å². The number of benzene rings is 2. The van der Waals surface area contributed by atoms with Gasteiger partial charge in [-0.1, -0.05) is 6.07 Å². The Hall–Kier alpha value is -3.59. The molecule has 0 saturated carbocycles. The van der Waals surface area contributed by atoms with Gasteiger partial charge in [0.25, 0.3) is 11.6 Å². The summed E-state index contributed by atoms with van der Waals surface area (Å²) >= 11 is 0. The first-order valence-electron chi connectivity index (χ1n) is 9.30. The van der Waals surface area contributed by atoms with Crippen molar-refractivity contribution < 1.29 is 23.9 Å². The number of rotatable bonds is 9. The highest BCUT2D eigenvalue weighted by atomic mass is 16.6. The van der Waals surface area contributed by atoms with E-state index in [1.807, 2.05) is 13.0 Å². The molecule has 0 bridgehead atoms. The molecular formula is C21H23N3O6. The molecule has 0 fully saturated rings. The van der Waals surface area contributed by atoms with E-state index < -0.39 is 4.92 Å². The quantitative estimate of drug-likeness (QED) is 0.315. The molecule has 2 aromatic carbocycles. The molecule has 0 saturated heterocycles. The summed E-state index contributed by atoms with van der Waals surface area (Å²) in [7, 11) is 3.14. The van der Waals surface area contributed by atoms with Crippen molar-refractivity contribution >= 4 is 22.5 Å². The van der Waals surface area contributed by atoms with Gasteiger partial charge in [0.1, 0.15) is 6.61 Å². The van der Waals surface area contributed by atoms with E-state index in [1.54, 1.807) is 38.6 Å². The normalized spacial score (nSPS) is 11.8. The topological polar surface area (TPSA) is 116 Å². The number of amides is 1. The van der Waals surface area contributed by atoms with Crippen molar-refractivity contribution in [1.82, 2.24) is 10.3 Å². The Kier molecular flexibility index (Phi) is 6.53. The number of carbonyl (C=O) groups excluding carboxylic acids is 1. The first-order chi connectivity index (χ1) is 14.4. The average Bonchev–Trinajstić information content (AvgIpc) is 3.17. The van der Waals surface area contributed by atoms with Crippen molar-refractivity contribution in [3.63, 3.8) is 0 Å². The number of aromatic amines is 1. The SMILES string of the molecule is COCCOc1ccc(C(C)NC(=O)c2c[nH]c3ccc([N+](=O)[O-])cc23)cc1OC. The second-order valence-electron chi connectivity index (χ2n) is 6.64. The number of hydrogen-bond donors (Lipinski definition) is 2. The molecule has 1 aromatic heterocycles. The van der Waals surface area contributed by atoms with Gasteiger partial charge in [0.2, 0.25) is 0 Å². The van der Waals surface area contributed by atoms with Gasteiger partial charge in [-0.15, -0.1) is 0 Å². The molecular weight excluding hydrogens is 390 g/mol. The predicted octanol–water partition coefficient (Wildman–Crippen LogP) is 3.60. The first-order valence-corrected chi connectivity index (χ1v) is 9.30. The van der Waals surface area contributed by atoms with Crippen LogP contribution in [0.2, 0.25) is 0 Å². The Morgan fingerprint density at radius 1 is 1.17 bits per heavy atom. The smallest absolute Gasteiger partial charge is 0.270 e. The number of hydrogen-bond acceptors (Lipinski definition) is 6. The molecule has 1 unspecified atom stereocenters. The van der Waals surface area contributed by atoms with Crippen molar-refractivity contribution in [1.29, 1.82) is 0 Å². The van der Waals surface area contributed by atoms with Gasteiger partial charge in [-0.05, 0) is 30.7 Å². The first kappa shape index (κ1) is 21.1. The number of fused-ring (bicyclic) bond motifs is 1. The molecule has 3 rings (SSSR count). The summed E-state index contributed by atoms with van der Waals surface area (Å²) in [5.74, 6) is 0.793. The number of methoxy groups -OCH3 is 2. The van der Waals surface area contributed by atoms with Crippen LogP contribution < -0.4 is 14.8 Å². The van der Waals surface area contributed by atoms with E-state index in [9.17, 15) is 14.9 Å². The molecule has 1 heterocycles. The molecule has 0 aliphatic rings. The maximum absolute atomic E-state index is 12.8. The minimum absolute atomic E-state index is 0.0713. The summed E-state index contributed by atoms with van der Waals surface area (Å²) in [6, 6.07) is 9.46. The van der Waals surface area contributed by atoms with Crippen LogP contribution in [0, 0.1) is 10.1 Å². The highest BCUT2D eigenvalue weighted by molar-refractivity contribution is 6.07. The Balaban J connectivity index is 1.78. The van der Waals surface area contributed by atoms with Gasteiger partial charge < -0.3 is 24.5 Å². The van der Waals surface area contributed by atoms with E-state index >= 15 is 0 Å². The van der Waals surface area contributed by atoms with Gasteiger partial charge in [-0.25, -0.2) is 0 Å². The average molecular weight is 413 g/mol. The third kappa shape index (κ3) is 4.52. The van der Waals surface area contributed by atoms with E-state index in [4.69, 9.17) is 14.2 Å². The summed E-state index contributed by atoms with van der Waals surface area (Å²) in [6.45, 7) is 2.70. The van der Waals surface area contributed by atoms with E-state index in [0.717, 1.165) is 5.56 Å². The summed E-state index contributed by atoms with van der Waals surface area (Å²) in [5, 5.41) is 14.5. The van der Waals surface area contributed by atoms with E-state index in [1.165, 1.54) is 12.1 Å². The van der Waals surface area contributed by atoms with Crippen molar-refractivity contribution in [3.8, 4) is 11.5 Å². The number of non-ortho nitro benzene ring substituents is 1. The molecule has 30 heavy (non-hydrogen) atoms. The standard InChI is InChI=1S/C21H23N3O6/c1-13(14-4-7-19(20(10-14)29-3)30-9-8-28-2)23-21(25)17-12-22-18-6-5-15(24(26)27)11-16(17)18/h4-7,10-13,22H,8-9H2,1-3H3,(H,23,25). The van der Waals surface area contributed by atoms with Gasteiger partial charge in [-0.3, -0.25) is 14.9 Å². The lowest BCUT2D eigenvalue weighted by Gasteiger charge is -2.17. The molecule has 0 radical (unpaired) electrons.